The van der Waals surface area contributed by atoms with Gasteiger partial charge in [-0.1, -0.05) is 18.2 Å². The van der Waals surface area contributed by atoms with Gasteiger partial charge in [-0.3, -0.25) is 0 Å². The van der Waals surface area contributed by atoms with Crippen LogP contribution in [0.5, 0.6) is 5.75 Å². The maximum Gasteiger partial charge on any atom is 0.213 e. The van der Waals surface area contributed by atoms with E-state index in [1.807, 2.05) is 52.0 Å². The minimum absolute atomic E-state index is 0.158. The lowest BCUT2D eigenvalue weighted by atomic mass is 10.1. The van der Waals surface area contributed by atoms with Crippen molar-refractivity contribution in [3.05, 3.63) is 29.8 Å². The molecule has 1 aromatic carbocycles. The number of nitrogens with zero attached hydrogens (tertiary/aromatic N) is 2. The van der Waals surface area contributed by atoms with Crippen LogP contribution in [0.25, 0.3) is 0 Å². The Balaban J connectivity index is 2.01. The third-order valence-corrected chi connectivity index (χ3v) is 6.57. The van der Waals surface area contributed by atoms with Crippen molar-refractivity contribution in [3.8, 4) is 5.75 Å². The summed E-state index contributed by atoms with van der Waals surface area (Å²) in [5.41, 5.74) is 0.763. The predicted molar refractivity (Wildman–Crippen MR) is 119 cm³/mol. The quantitative estimate of drug-likeness (QED) is 0.519. The van der Waals surface area contributed by atoms with Gasteiger partial charge < -0.3 is 15.4 Å². The Morgan fingerprint density at radius 1 is 1.21 bits per heavy atom. The molecule has 1 fully saturated rings. The molecule has 0 spiro atoms. The van der Waals surface area contributed by atoms with E-state index >= 15 is 0 Å². The summed E-state index contributed by atoms with van der Waals surface area (Å²) in [7, 11) is -3.10. The lowest BCUT2D eigenvalue weighted by molar-refractivity contribution is 0.129. The van der Waals surface area contributed by atoms with Crippen molar-refractivity contribution in [2.45, 2.75) is 65.6 Å². The zero-order valence-electron chi connectivity index (χ0n) is 18.4. The van der Waals surface area contributed by atoms with Crippen LogP contribution in [-0.4, -0.2) is 55.7 Å². The topological polar surface area (TPSA) is 83.0 Å². The molecule has 1 heterocycles. The van der Waals surface area contributed by atoms with E-state index in [0.29, 0.717) is 19.6 Å². The molecule has 2 N–H and O–H groups in total. The number of piperidine rings is 1. The second-order valence-corrected chi connectivity index (χ2v) is 10.5. The number of sulfonamides is 1. The molecule has 2 rings (SSSR count). The lowest BCUT2D eigenvalue weighted by Crippen LogP contribution is -2.50. The maximum atomic E-state index is 12.0. The van der Waals surface area contributed by atoms with Gasteiger partial charge in [0, 0.05) is 31.2 Å². The first-order valence-electron chi connectivity index (χ1n) is 10.4. The number of benzene rings is 1. The van der Waals surface area contributed by atoms with E-state index in [0.717, 1.165) is 36.7 Å². The Labute approximate surface area is 176 Å². The van der Waals surface area contributed by atoms with E-state index in [1.54, 1.807) is 11.2 Å². The summed E-state index contributed by atoms with van der Waals surface area (Å²) in [6, 6.07) is 8.17. The zero-order chi connectivity index (χ0) is 21.5. The lowest BCUT2D eigenvalue weighted by Gasteiger charge is -2.32. The summed E-state index contributed by atoms with van der Waals surface area (Å²) < 4.78 is 31.7. The zero-order valence-corrected chi connectivity index (χ0v) is 19.2. The maximum absolute atomic E-state index is 12.0. The van der Waals surface area contributed by atoms with E-state index in [2.05, 4.69) is 10.6 Å². The van der Waals surface area contributed by atoms with Crippen molar-refractivity contribution < 1.29 is 13.2 Å². The molecule has 1 aliphatic rings. The highest BCUT2D eigenvalue weighted by Crippen LogP contribution is 2.23. The fourth-order valence-electron chi connectivity index (χ4n) is 3.20. The molecule has 0 aliphatic carbocycles. The van der Waals surface area contributed by atoms with Gasteiger partial charge in [0.2, 0.25) is 10.0 Å². The first-order valence-corrected chi connectivity index (χ1v) is 12.0. The molecule has 0 amide bonds. The van der Waals surface area contributed by atoms with Crippen molar-refractivity contribution in [2.24, 2.45) is 4.99 Å². The molecule has 0 aromatic heterocycles. The Hall–Kier alpha value is -1.80. The number of ether oxygens (including phenoxy) is 1. The number of aliphatic imine (C=N–C) groups is 1. The van der Waals surface area contributed by atoms with E-state index in [1.165, 1.54) is 0 Å². The van der Waals surface area contributed by atoms with Crippen LogP contribution in [0.3, 0.4) is 0 Å². The number of rotatable bonds is 7. The third-order valence-electron chi connectivity index (χ3n) is 4.69. The highest BCUT2D eigenvalue weighted by molar-refractivity contribution is 7.89. The minimum Gasteiger partial charge on any atom is -0.488 e. The Kier molecular flexibility index (Phi) is 8.34. The molecule has 8 heteroatoms. The van der Waals surface area contributed by atoms with E-state index < -0.39 is 10.0 Å². The molecular formula is C21H36N4O3S. The smallest absolute Gasteiger partial charge is 0.213 e. The summed E-state index contributed by atoms with van der Waals surface area (Å²) in [4.78, 5) is 4.74. The fraction of sp³-hybridized carbons (Fsp3) is 0.667. The SMILES string of the molecule is CCNC(=NCc1ccccc1OC(C)(C)C)NC1CCN(S(=O)(=O)CC)CC1. The molecule has 0 bridgehead atoms. The average molecular weight is 425 g/mol. The molecule has 7 nitrogen and oxygen atoms in total. The van der Waals surface area contributed by atoms with Crippen molar-refractivity contribution in [1.29, 1.82) is 0 Å². The second kappa shape index (κ2) is 10.3. The summed E-state index contributed by atoms with van der Waals surface area (Å²) in [6.07, 6.45) is 1.54. The van der Waals surface area contributed by atoms with E-state index in [4.69, 9.17) is 9.73 Å². The molecule has 1 aromatic rings. The van der Waals surface area contributed by atoms with Gasteiger partial charge >= 0.3 is 0 Å². The summed E-state index contributed by atoms with van der Waals surface area (Å²) in [5.74, 6) is 1.75. The van der Waals surface area contributed by atoms with Crippen molar-refractivity contribution >= 4 is 16.0 Å². The average Bonchev–Trinajstić information content (AvgIpc) is 2.66. The third kappa shape index (κ3) is 7.51. The van der Waals surface area contributed by atoms with Crippen LogP contribution in [0.2, 0.25) is 0 Å². The van der Waals surface area contributed by atoms with Gasteiger partial charge in [0.15, 0.2) is 5.96 Å². The molecule has 0 atom stereocenters. The molecule has 1 aliphatic heterocycles. The van der Waals surface area contributed by atoms with Gasteiger partial charge in [-0.15, -0.1) is 0 Å². The van der Waals surface area contributed by atoms with Crippen LogP contribution in [0, 0.1) is 0 Å². The summed E-state index contributed by atoms with van der Waals surface area (Å²) in [6.45, 7) is 12.2. The van der Waals surface area contributed by atoms with Crippen LogP contribution in [0.1, 0.15) is 53.0 Å². The molecular weight excluding hydrogens is 388 g/mol. The van der Waals surface area contributed by atoms with Gasteiger partial charge in [-0.05, 0) is 53.5 Å². The monoisotopic (exact) mass is 424 g/mol. The first-order chi connectivity index (χ1) is 13.6. The number of guanidine groups is 1. The highest BCUT2D eigenvalue weighted by atomic mass is 32.2. The molecule has 0 radical (unpaired) electrons. The number of nitrogens with one attached hydrogen (secondary N) is 2. The molecule has 1 saturated heterocycles. The fourth-order valence-corrected chi connectivity index (χ4v) is 4.33. The first kappa shape index (κ1) is 23.5. The largest absolute Gasteiger partial charge is 0.488 e. The predicted octanol–water partition coefficient (Wildman–Crippen LogP) is 2.73. The molecule has 164 valence electrons. The summed E-state index contributed by atoms with van der Waals surface area (Å²) >= 11 is 0. The van der Waals surface area contributed by atoms with Crippen LogP contribution >= 0.6 is 0 Å². The highest BCUT2D eigenvalue weighted by Gasteiger charge is 2.27. The Bertz CT molecular complexity index is 779. The Morgan fingerprint density at radius 3 is 2.45 bits per heavy atom. The van der Waals surface area contributed by atoms with Gasteiger partial charge in [0.1, 0.15) is 11.4 Å². The standard InChI is InChI=1S/C21H36N4O3S/c1-6-22-20(24-18-12-14-25(15-13-18)29(26,27)7-2)23-16-17-10-8-9-11-19(17)28-21(3,4)5/h8-11,18H,6-7,12-16H2,1-5H3,(H2,22,23,24). The summed E-state index contributed by atoms with van der Waals surface area (Å²) in [5, 5.41) is 6.75. The molecule has 29 heavy (non-hydrogen) atoms. The van der Waals surface area contributed by atoms with Crippen LogP contribution in [0.4, 0.5) is 0 Å². The van der Waals surface area contributed by atoms with Gasteiger partial charge in [0.05, 0.1) is 12.3 Å². The van der Waals surface area contributed by atoms with Gasteiger partial charge in [-0.25, -0.2) is 17.7 Å². The number of hydrogen-bond donors (Lipinski definition) is 2. The van der Waals surface area contributed by atoms with Crippen LogP contribution in [0.15, 0.2) is 29.3 Å². The van der Waals surface area contributed by atoms with Crippen LogP contribution in [-0.2, 0) is 16.6 Å². The van der Waals surface area contributed by atoms with Gasteiger partial charge in [-0.2, -0.15) is 0 Å². The minimum atomic E-state index is -3.10. The van der Waals surface area contributed by atoms with Crippen LogP contribution < -0.4 is 15.4 Å². The van der Waals surface area contributed by atoms with Crippen molar-refractivity contribution in [3.63, 3.8) is 0 Å². The molecule has 0 unspecified atom stereocenters. The van der Waals surface area contributed by atoms with E-state index in [9.17, 15) is 8.42 Å². The second-order valence-electron chi connectivity index (χ2n) is 8.24. The van der Waals surface area contributed by atoms with Crippen molar-refractivity contribution in [1.82, 2.24) is 14.9 Å². The van der Waals surface area contributed by atoms with Crippen molar-refractivity contribution in [2.75, 3.05) is 25.4 Å². The Morgan fingerprint density at radius 2 is 1.86 bits per heavy atom. The van der Waals surface area contributed by atoms with Gasteiger partial charge in [0.25, 0.3) is 0 Å². The number of para-hydroxylation sites is 1. The molecule has 0 saturated carbocycles. The van der Waals surface area contributed by atoms with E-state index in [-0.39, 0.29) is 17.4 Å². The normalized spacial score (nSPS) is 17.2. The number of hydrogen-bond acceptors (Lipinski definition) is 4.